The van der Waals surface area contributed by atoms with Crippen molar-refractivity contribution in [3.05, 3.63) is 89.8 Å². The minimum Gasteiger partial charge on any atom is -0.491 e. The third-order valence-electron chi connectivity index (χ3n) is 4.89. The van der Waals surface area contributed by atoms with Crippen LogP contribution in [-0.2, 0) is 0 Å². The van der Waals surface area contributed by atoms with Gasteiger partial charge in [-0.2, -0.15) is 0 Å². The van der Waals surface area contributed by atoms with E-state index >= 15 is 0 Å². The summed E-state index contributed by atoms with van der Waals surface area (Å²) in [5.41, 5.74) is 4.57. The van der Waals surface area contributed by atoms with E-state index in [4.69, 9.17) is 11.3 Å². The zero-order valence-electron chi connectivity index (χ0n) is 17.2. The van der Waals surface area contributed by atoms with Gasteiger partial charge in [-0.15, -0.1) is 0 Å². The van der Waals surface area contributed by atoms with Gasteiger partial charge in [0.15, 0.2) is 5.69 Å². The van der Waals surface area contributed by atoms with Crippen LogP contribution in [0.25, 0.3) is 38.1 Å². The second-order valence-electron chi connectivity index (χ2n) is 7.44. The highest BCUT2D eigenvalue weighted by molar-refractivity contribution is 6.04. The van der Waals surface area contributed by atoms with Gasteiger partial charge in [0.2, 0.25) is 0 Å². The van der Waals surface area contributed by atoms with Gasteiger partial charge in [0.25, 0.3) is 0 Å². The van der Waals surface area contributed by atoms with Crippen molar-refractivity contribution >= 4 is 22.6 Å². The molecule has 4 rings (SSSR count). The maximum atomic E-state index is 11.8. The van der Waals surface area contributed by atoms with Crippen molar-refractivity contribution < 1.29 is 14.6 Å². The average Bonchev–Trinajstić information content (AvgIpc) is 2.78. The van der Waals surface area contributed by atoms with Gasteiger partial charge in [-0.1, -0.05) is 42.5 Å². The quantitative estimate of drug-likeness (QED) is 0.378. The first kappa shape index (κ1) is 20.1. The molecule has 0 aliphatic rings. The Kier molecular flexibility index (Phi) is 5.38. The van der Waals surface area contributed by atoms with E-state index in [9.17, 15) is 9.90 Å². The summed E-state index contributed by atoms with van der Waals surface area (Å²) >= 11 is 0. The lowest BCUT2D eigenvalue weighted by atomic mass is 10.0. The van der Waals surface area contributed by atoms with Crippen LogP contribution >= 0.6 is 0 Å². The van der Waals surface area contributed by atoms with E-state index in [1.807, 2.05) is 62.4 Å². The summed E-state index contributed by atoms with van der Waals surface area (Å²) in [5.74, 6) is -0.214. The van der Waals surface area contributed by atoms with Crippen LogP contribution in [0.1, 0.15) is 24.2 Å². The third kappa shape index (κ3) is 4.24. The molecule has 0 aliphatic carbocycles. The summed E-state index contributed by atoms with van der Waals surface area (Å²) < 4.78 is 5.69. The smallest absolute Gasteiger partial charge is 0.336 e. The number of benzene rings is 3. The molecule has 5 heteroatoms. The van der Waals surface area contributed by atoms with Gasteiger partial charge < -0.3 is 9.84 Å². The van der Waals surface area contributed by atoms with Crippen LogP contribution in [-0.4, -0.2) is 22.2 Å². The Bertz CT molecular complexity index is 1300. The zero-order chi connectivity index (χ0) is 22.0. The van der Waals surface area contributed by atoms with E-state index in [0.717, 1.165) is 22.4 Å². The summed E-state index contributed by atoms with van der Waals surface area (Å²) in [6.07, 6.45) is 0.128. The number of pyridine rings is 1. The number of carboxylic acids is 1. The molecule has 0 saturated heterocycles. The molecule has 0 radical (unpaired) electrons. The highest BCUT2D eigenvalue weighted by Crippen LogP contribution is 2.30. The molecule has 0 bridgehead atoms. The fraction of sp³-hybridized carbons (Fsp3) is 0.115. The number of aromatic nitrogens is 1. The Morgan fingerprint density at radius 1 is 0.935 bits per heavy atom. The number of nitrogens with zero attached hydrogens (tertiary/aromatic N) is 2. The molecule has 0 amide bonds. The van der Waals surface area contributed by atoms with E-state index in [0.29, 0.717) is 22.3 Å². The summed E-state index contributed by atoms with van der Waals surface area (Å²) in [6.45, 7) is 11.1. The van der Waals surface area contributed by atoms with Crippen molar-refractivity contribution in [2.45, 2.75) is 20.0 Å². The van der Waals surface area contributed by atoms with Crippen molar-refractivity contribution in [1.82, 2.24) is 4.98 Å². The number of carbonyl (C=O) groups is 1. The lowest BCUT2D eigenvalue weighted by Gasteiger charge is -2.11. The second-order valence-corrected chi connectivity index (χ2v) is 7.44. The predicted molar refractivity (Wildman–Crippen MR) is 122 cm³/mol. The Balaban J connectivity index is 1.69. The molecule has 31 heavy (non-hydrogen) atoms. The van der Waals surface area contributed by atoms with Crippen LogP contribution in [0.3, 0.4) is 0 Å². The largest absolute Gasteiger partial charge is 0.491 e. The molecule has 1 aromatic heterocycles. The van der Waals surface area contributed by atoms with Gasteiger partial charge >= 0.3 is 5.97 Å². The second kappa shape index (κ2) is 8.29. The minimum absolute atomic E-state index is 0.128. The van der Waals surface area contributed by atoms with Crippen LogP contribution in [0.15, 0.2) is 72.8 Å². The van der Waals surface area contributed by atoms with Crippen LogP contribution in [0.5, 0.6) is 5.75 Å². The fourth-order valence-corrected chi connectivity index (χ4v) is 3.44. The van der Waals surface area contributed by atoms with E-state index in [-0.39, 0.29) is 11.7 Å². The van der Waals surface area contributed by atoms with Gasteiger partial charge in [-0.05, 0) is 55.3 Å². The van der Waals surface area contributed by atoms with E-state index in [1.54, 1.807) is 24.3 Å². The van der Waals surface area contributed by atoms with Crippen molar-refractivity contribution in [3.8, 4) is 28.1 Å². The molecular weight excluding hydrogens is 388 g/mol. The molecule has 0 fully saturated rings. The molecule has 1 heterocycles. The monoisotopic (exact) mass is 408 g/mol. The van der Waals surface area contributed by atoms with Gasteiger partial charge in [0.05, 0.1) is 29.5 Å². The molecule has 4 aromatic rings. The average molecular weight is 408 g/mol. The molecule has 0 atom stereocenters. The maximum absolute atomic E-state index is 11.8. The van der Waals surface area contributed by atoms with Crippen LogP contribution in [0.2, 0.25) is 0 Å². The van der Waals surface area contributed by atoms with E-state index < -0.39 is 5.97 Å². The fourth-order valence-electron chi connectivity index (χ4n) is 3.44. The van der Waals surface area contributed by atoms with Crippen molar-refractivity contribution in [1.29, 1.82) is 0 Å². The summed E-state index contributed by atoms with van der Waals surface area (Å²) in [5, 5.41) is 10.1. The number of ether oxygens (including phenoxy) is 1. The topological polar surface area (TPSA) is 63.8 Å². The molecule has 1 N–H and O–H groups in total. The van der Waals surface area contributed by atoms with Gasteiger partial charge in [0, 0.05) is 10.9 Å². The lowest BCUT2D eigenvalue weighted by molar-refractivity contribution is 0.0699. The SMILES string of the molecule is [C-]#[N+]c1ccc2nc(-c3ccc(-c4ccc(OC(C)C)cc4)cc3)cc(C(=O)O)c2c1. The Labute approximate surface area is 180 Å². The molecular formula is C26H20N2O3. The molecule has 5 nitrogen and oxygen atoms in total. The van der Waals surface area contributed by atoms with Crippen LogP contribution < -0.4 is 4.74 Å². The van der Waals surface area contributed by atoms with E-state index in [1.165, 1.54) is 0 Å². The number of carboxylic acid groups (broad SMARTS) is 1. The number of rotatable bonds is 5. The predicted octanol–water partition coefficient (Wildman–Crippen LogP) is 6.60. The van der Waals surface area contributed by atoms with Gasteiger partial charge in [0.1, 0.15) is 5.75 Å². The van der Waals surface area contributed by atoms with Crippen molar-refractivity contribution in [3.63, 3.8) is 0 Å². The van der Waals surface area contributed by atoms with Crippen LogP contribution in [0.4, 0.5) is 5.69 Å². The van der Waals surface area contributed by atoms with Gasteiger partial charge in [-0.3, -0.25) is 0 Å². The van der Waals surface area contributed by atoms with Gasteiger partial charge in [-0.25, -0.2) is 14.6 Å². The Morgan fingerprint density at radius 2 is 1.55 bits per heavy atom. The number of aromatic carboxylic acids is 1. The molecule has 0 spiro atoms. The minimum atomic E-state index is -1.05. The first-order valence-corrected chi connectivity index (χ1v) is 9.87. The molecule has 152 valence electrons. The normalized spacial score (nSPS) is 10.8. The molecule has 3 aromatic carbocycles. The first-order chi connectivity index (χ1) is 14.9. The van der Waals surface area contributed by atoms with Crippen LogP contribution in [0, 0.1) is 6.57 Å². The highest BCUT2D eigenvalue weighted by atomic mass is 16.5. The third-order valence-corrected chi connectivity index (χ3v) is 4.89. The molecule has 0 unspecified atom stereocenters. The molecule has 0 aliphatic heterocycles. The van der Waals surface area contributed by atoms with Crippen molar-refractivity contribution in [2.24, 2.45) is 0 Å². The standard InChI is InChI=1S/C26H20N2O3/c1-16(2)31-21-11-8-18(9-12-21)17-4-6-19(7-5-17)25-15-23(26(29)30)22-14-20(27-3)10-13-24(22)28-25/h4-16H,1-2H3,(H,29,30). The zero-order valence-corrected chi connectivity index (χ0v) is 17.2. The number of fused-ring (bicyclic) bond motifs is 1. The van der Waals surface area contributed by atoms with E-state index in [2.05, 4.69) is 9.83 Å². The first-order valence-electron chi connectivity index (χ1n) is 9.87. The Morgan fingerprint density at radius 3 is 2.13 bits per heavy atom. The molecule has 0 saturated carbocycles. The van der Waals surface area contributed by atoms with Crippen molar-refractivity contribution in [2.75, 3.05) is 0 Å². The summed E-state index contributed by atoms with van der Waals surface area (Å²) in [6, 6.07) is 22.2. The summed E-state index contributed by atoms with van der Waals surface area (Å²) in [4.78, 5) is 19.8. The lowest BCUT2D eigenvalue weighted by Crippen LogP contribution is -2.05. The maximum Gasteiger partial charge on any atom is 0.336 e. The number of hydrogen-bond acceptors (Lipinski definition) is 3. The summed E-state index contributed by atoms with van der Waals surface area (Å²) in [7, 11) is 0. The Hall–Kier alpha value is -4.17. The number of hydrogen-bond donors (Lipinski definition) is 1. The highest BCUT2D eigenvalue weighted by Gasteiger charge is 2.14.